The molecule has 0 atom stereocenters. The number of aryl methyl sites for hydroxylation is 2. The average molecular weight is 272 g/mol. The molecule has 0 aliphatic carbocycles. The van der Waals surface area contributed by atoms with E-state index in [-0.39, 0.29) is 5.66 Å². The number of aliphatic imine (C=N–C) groups is 1. The van der Waals surface area contributed by atoms with Crippen LogP contribution < -0.4 is 10.6 Å². The Morgan fingerprint density at radius 2 is 1.70 bits per heavy atom. The fourth-order valence-electron chi connectivity index (χ4n) is 3.54. The third kappa shape index (κ3) is 1.82. The molecule has 0 bridgehead atoms. The SMILES string of the molecule is Cc1ccc(C)c2c1C(N)=NC1(CCN(C)CC1)N2C. The number of fused-ring (bicyclic) bond motifs is 1. The van der Waals surface area contributed by atoms with E-state index in [0.717, 1.165) is 31.5 Å². The molecule has 0 aromatic heterocycles. The zero-order valence-corrected chi connectivity index (χ0v) is 12.9. The van der Waals surface area contributed by atoms with Crippen LogP contribution in [0.3, 0.4) is 0 Å². The lowest BCUT2D eigenvalue weighted by Gasteiger charge is -2.48. The highest BCUT2D eigenvalue weighted by Gasteiger charge is 2.42. The van der Waals surface area contributed by atoms with Gasteiger partial charge in [-0.15, -0.1) is 0 Å². The highest BCUT2D eigenvalue weighted by atomic mass is 15.3. The predicted octanol–water partition coefficient (Wildman–Crippen LogP) is 1.88. The summed E-state index contributed by atoms with van der Waals surface area (Å²) in [6.07, 6.45) is 2.07. The van der Waals surface area contributed by atoms with Gasteiger partial charge in [0.25, 0.3) is 0 Å². The van der Waals surface area contributed by atoms with Crippen molar-refractivity contribution in [1.82, 2.24) is 4.90 Å². The molecule has 4 heteroatoms. The molecule has 1 spiro atoms. The minimum Gasteiger partial charge on any atom is -0.383 e. The number of amidine groups is 1. The number of piperidine rings is 1. The highest BCUT2D eigenvalue weighted by Crippen LogP contribution is 2.41. The Balaban J connectivity index is 2.13. The van der Waals surface area contributed by atoms with Crippen molar-refractivity contribution in [3.63, 3.8) is 0 Å². The van der Waals surface area contributed by atoms with E-state index < -0.39 is 0 Å². The molecule has 1 fully saturated rings. The normalized spacial score (nSPS) is 21.8. The number of nitrogens with zero attached hydrogens (tertiary/aromatic N) is 3. The van der Waals surface area contributed by atoms with Gasteiger partial charge in [0.2, 0.25) is 0 Å². The number of benzene rings is 1. The van der Waals surface area contributed by atoms with Crippen molar-refractivity contribution in [1.29, 1.82) is 0 Å². The van der Waals surface area contributed by atoms with Gasteiger partial charge in [0.1, 0.15) is 11.5 Å². The zero-order chi connectivity index (χ0) is 14.5. The van der Waals surface area contributed by atoms with E-state index in [1.807, 2.05) is 0 Å². The van der Waals surface area contributed by atoms with Crippen LogP contribution in [0.2, 0.25) is 0 Å². The summed E-state index contributed by atoms with van der Waals surface area (Å²) < 4.78 is 0. The van der Waals surface area contributed by atoms with Gasteiger partial charge in [-0.1, -0.05) is 12.1 Å². The van der Waals surface area contributed by atoms with Crippen molar-refractivity contribution < 1.29 is 0 Å². The number of rotatable bonds is 0. The molecule has 2 aliphatic heterocycles. The summed E-state index contributed by atoms with van der Waals surface area (Å²) >= 11 is 0. The van der Waals surface area contributed by atoms with Crippen LogP contribution >= 0.6 is 0 Å². The van der Waals surface area contributed by atoms with Crippen molar-refractivity contribution in [3.05, 3.63) is 28.8 Å². The predicted molar refractivity (Wildman–Crippen MR) is 84.5 cm³/mol. The molecule has 2 aliphatic rings. The van der Waals surface area contributed by atoms with Gasteiger partial charge in [-0.25, -0.2) is 4.99 Å². The first-order valence-corrected chi connectivity index (χ1v) is 7.33. The molecular formula is C16H24N4. The smallest absolute Gasteiger partial charge is 0.136 e. The van der Waals surface area contributed by atoms with E-state index in [9.17, 15) is 0 Å². The summed E-state index contributed by atoms with van der Waals surface area (Å²) in [5.74, 6) is 0.712. The maximum atomic E-state index is 6.33. The van der Waals surface area contributed by atoms with Crippen LogP contribution in [0.25, 0.3) is 0 Å². The van der Waals surface area contributed by atoms with Gasteiger partial charge < -0.3 is 15.5 Å². The van der Waals surface area contributed by atoms with Crippen LogP contribution in [0.15, 0.2) is 17.1 Å². The topological polar surface area (TPSA) is 44.9 Å². The second kappa shape index (κ2) is 4.48. The van der Waals surface area contributed by atoms with E-state index in [1.54, 1.807) is 0 Å². The van der Waals surface area contributed by atoms with Crippen molar-refractivity contribution in [2.75, 3.05) is 32.1 Å². The van der Waals surface area contributed by atoms with E-state index in [2.05, 4.69) is 49.9 Å². The molecule has 1 saturated heterocycles. The second-order valence-electron chi connectivity index (χ2n) is 6.26. The maximum Gasteiger partial charge on any atom is 0.136 e. The molecule has 2 heterocycles. The molecule has 1 aromatic rings. The van der Waals surface area contributed by atoms with Crippen molar-refractivity contribution >= 4 is 11.5 Å². The fraction of sp³-hybridized carbons (Fsp3) is 0.562. The Morgan fingerprint density at radius 1 is 1.10 bits per heavy atom. The van der Waals surface area contributed by atoms with E-state index in [0.29, 0.717) is 5.84 Å². The zero-order valence-electron chi connectivity index (χ0n) is 12.9. The molecule has 1 aromatic carbocycles. The van der Waals surface area contributed by atoms with Crippen molar-refractivity contribution in [2.45, 2.75) is 32.4 Å². The molecule has 2 N–H and O–H groups in total. The minimum absolute atomic E-state index is 0.151. The summed E-state index contributed by atoms with van der Waals surface area (Å²) in [4.78, 5) is 9.66. The number of anilines is 1. The van der Waals surface area contributed by atoms with Crippen LogP contribution in [-0.4, -0.2) is 43.6 Å². The lowest BCUT2D eigenvalue weighted by Crippen LogP contribution is -2.55. The number of hydrogen-bond acceptors (Lipinski definition) is 4. The Hall–Kier alpha value is -1.55. The Kier molecular flexibility index (Phi) is 3.01. The lowest BCUT2D eigenvalue weighted by atomic mass is 9.89. The Bertz CT molecular complexity index is 568. The van der Waals surface area contributed by atoms with E-state index in [4.69, 9.17) is 10.7 Å². The molecule has 4 nitrogen and oxygen atoms in total. The first-order valence-electron chi connectivity index (χ1n) is 7.33. The van der Waals surface area contributed by atoms with Crippen LogP contribution in [0.1, 0.15) is 29.5 Å². The molecule has 0 radical (unpaired) electrons. The van der Waals surface area contributed by atoms with Crippen molar-refractivity contribution in [3.8, 4) is 0 Å². The molecule has 108 valence electrons. The second-order valence-corrected chi connectivity index (χ2v) is 6.26. The number of hydrogen-bond donors (Lipinski definition) is 1. The summed E-state index contributed by atoms with van der Waals surface area (Å²) in [6.45, 7) is 6.42. The number of likely N-dealkylation sites (tertiary alicyclic amines) is 1. The van der Waals surface area contributed by atoms with Crippen LogP contribution in [-0.2, 0) is 0 Å². The van der Waals surface area contributed by atoms with Gasteiger partial charge in [-0.05, 0) is 32.0 Å². The standard InChI is InChI=1S/C16H24N4/c1-11-5-6-12(2)14-13(11)15(17)18-16(20(14)4)7-9-19(3)10-8-16/h5-6H,7-10H2,1-4H3,(H2,17,18). The molecule has 3 rings (SSSR count). The first kappa shape index (κ1) is 13.4. The Labute approximate surface area is 121 Å². The lowest BCUT2D eigenvalue weighted by molar-refractivity contribution is 0.190. The third-order valence-electron chi connectivity index (χ3n) is 4.92. The first-order chi connectivity index (χ1) is 9.44. The minimum atomic E-state index is -0.151. The van der Waals surface area contributed by atoms with Crippen LogP contribution in [0, 0.1) is 13.8 Å². The van der Waals surface area contributed by atoms with Gasteiger partial charge in [0.05, 0.1) is 5.69 Å². The summed E-state index contributed by atoms with van der Waals surface area (Å²) in [6, 6.07) is 4.32. The van der Waals surface area contributed by atoms with E-state index in [1.165, 1.54) is 16.8 Å². The summed E-state index contributed by atoms with van der Waals surface area (Å²) in [5.41, 5.74) is 11.1. The third-order valence-corrected chi connectivity index (χ3v) is 4.92. The van der Waals surface area contributed by atoms with Gasteiger partial charge in [0, 0.05) is 38.5 Å². The monoisotopic (exact) mass is 272 g/mol. The average Bonchev–Trinajstić information content (AvgIpc) is 2.42. The number of nitrogens with two attached hydrogens (primary N) is 1. The quantitative estimate of drug-likeness (QED) is 0.784. The molecule has 20 heavy (non-hydrogen) atoms. The van der Waals surface area contributed by atoms with Crippen molar-refractivity contribution in [2.24, 2.45) is 10.7 Å². The Morgan fingerprint density at radius 3 is 2.35 bits per heavy atom. The van der Waals surface area contributed by atoms with Gasteiger partial charge in [-0.3, -0.25) is 0 Å². The molecular weight excluding hydrogens is 248 g/mol. The largest absolute Gasteiger partial charge is 0.383 e. The molecule has 0 amide bonds. The van der Waals surface area contributed by atoms with Gasteiger partial charge in [-0.2, -0.15) is 0 Å². The molecule has 0 unspecified atom stereocenters. The van der Waals surface area contributed by atoms with Gasteiger partial charge >= 0.3 is 0 Å². The molecule has 0 saturated carbocycles. The van der Waals surface area contributed by atoms with E-state index >= 15 is 0 Å². The van der Waals surface area contributed by atoms with Crippen LogP contribution in [0.4, 0.5) is 5.69 Å². The van der Waals surface area contributed by atoms with Crippen LogP contribution in [0.5, 0.6) is 0 Å². The summed E-state index contributed by atoms with van der Waals surface area (Å²) in [7, 11) is 4.35. The maximum absolute atomic E-state index is 6.33. The fourth-order valence-corrected chi connectivity index (χ4v) is 3.54. The van der Waals surface area contributed by atoms with Gasteiger partial charge in [0.15, 0.2) is 0 Å². The highest BCUT2D eigenvalue weighted by molar-refractivity contribution is 6.06. The summed E-state index contributed by atoms with van der Waals surface area (Å²) in [5, 5.41) is 0.